The normalized spacial score (nSPS) is 11.8. The molecule has 2 rings (SSSR count). The van der Waals surface area contributed by atoms with Crippen LogP contribution >= 0.6 is 34.8 Å². The van der Waals surface area contributed by atoms with Crippen LogP contribution in [0.25, 0.3) is 0 Å². The van der Waals surface area contributed by atoms with Crippen LogP contribution in [0.3, 0.4) is 0 Å². The van der Waals surface area contributed by atoms with E-state index in [9.17, 15) is 4.79 Å². The predicted octanol–water partition coefficient (Wildman–Crippen LogP) is 5.32. The second-order valence-corrected chi connectivity index (χ2v) is 5.43. The SMILES string of the molecule is C[C@@H](Oc1ccc(Oc2ccc(Cl)cc2Cl)cc1)C(=O)Cl. The van der Waals surface area contributed by atoms with Crippen LogP contribution in [0, 0.1) is 0 Å². The molecule has 6 heteroatoms. The zero-order valence-corrected chi connectivity index (χ0v) is 13.2. The van der Waals surface area contributed by atoms with Crippen molar-refractivity contribution in [2.24, 2.45) is 0 Å². The smallest absolute Gasteiger partial charge is 0.262 e. The first-order valence-electron chi connectivity index (χ1n) is 6.04. The molecule has 0 bridgehead atoms. The van der Waals surface area contributed by atoms with Gasteiger partial charge in [0.05, 0.1) is 5.02 Å². The lowest BCUT2D eigenvalue weighted by Gasteiger charge is -2.12. The summed E-state index contributed by atoms with van der Waals surface area (Å²) in [4.78, 5) is 10.9. The van der Waals surface area contributed by atoms with Gasteiger partial charge in [-0.05, 0) is 61.0 Å². The highest BCUT2D eigenvalue weighted by Gasteiger charge is 2.11. The Morgan fingerprint density at radius 1 is 1.05 bits per heavy atom. The lowest BCUT2D eigenvalue weighted by molar-refractivity contribution is -0.117. The number of ether oxygens (including phenoxy) is 2. The third-order valence-electron chi connectivity index (χ3n) is 2.58. The van der Waals surface area contributed by atoms with Gasteiger partial charge >= 0.3 is 0 Å². The van der Waals surface area contributed by atoms with E-state index in [-0.39, 0.29) is 0 Å². The molecule has 2 aromatic rings. The highest BCUT2D eigenvalue weighted by atomic mass is 35.5. The molecule has 2 aromatic carbocycles. The first-order valence-corrected chi connectivity index (χ1v) is 7.18. The summed E-state index contributed by atoms with van der Waals surface area (Å²) in [5.74, 6) is 1.60. The minimum Gasteiger partial charge on any atom is -0.482 e. The van der Waals surface area contributed by atoms with Crippen molar-refractivity contribution >= 4 is 40.0 Å². The van der Waals surface area contributed by atoms with Crippen molar-refractivity contribution in [3.05, 3.63) is 52.5 Å². The molecular weight excluding hydrogens is 335 g/mol. The molecule has 0 aliphatic carbocycles. The summed E-state index contributed by atoms with van der Waals surface area (Å²) in [6.07, 6.45) is -0.704. The molecule has 0 unspecified atom stereocenters. The minimum absolute atomic E-state index is 0.421. The summed E-state index contributed by atoms with van der Waals surface area (Å²) in [6.45, 7) is 1.58. The van der Waals surface area contributed by atoms with E-state index in [1.54, 1.807) is 49.4 Å². The summed E-state index contributed by atoms with van der Waals surface area (Å²) in [6, 6.07) is 11.7. The zero-order valence-electron chi connectivity index (χ0n) is 11.0. The molecule has 110 valence electrons. The number of hydrogen-bond acceptors (Lipinski definition) is 3. The molecule has 3 nitrogen and oxygen atoms in total. The molecule has 0 fully saturated rings. The molecular formula is C15H11Cl3O3. The van der Waals surface area contributed by atoms with E-state index < -0.39 is 11.3 Å². The highest BCUT2D eigenvalue weighted by Crippen LogP contribution is 2.32. The summed E-state index contributed by atoms with van der Waals surface area (Å²) >= 11 is 17.2. The van der Waals surface area contributed by atoms with Crippen LogP contribution in [0.1, 0.15) is 6.92 Å². The van der Waals surface area contributed by atoms with Crippen LogP contribution in [0.4, 0.5) is 0 Å². The van der Waals surface area contributed by atoms with Gasteiger partial charge in [0, 0.05) is 5.02 Å². The molecule has 21 heavy (non-hydrogen) atoms. The Morgan fingerprint density at radius 2 is 1.67 bits per heavy atom. The summed E-state index contributed by atoms with van der Waals surface area (Å²) in [7, 11) is 0. The largest absolute Gasteiger partial charge is 0.482 e. The molecule has 1 atom stereocenters. The first-order chi connectivity index (χ1) is 9.95. The molecule has 0 N–H and O–H groups in total. The lowest BCUT2D eigenvalue weighted by Crippen LogP contribution is -2.18. The van der Waals surface area contributed by atoms with E-state index in [1.807, 2.05) is 0 Å². The van der Waals surface area contributed by atoms with Crippen LogP contribution in [-0.4, -0.2) is 11.3 Å². The van der Waals surface area contributed by atoms with E-state index >= 15 is 0 Å². The Balaban J connectivity index is 2.07. The van der Waals surface area contributed by atoms with Crippen LogP contribution in [0.5, 0.6) is 17.2 Å². The van der Waals surface area contributed by atoms with Crippen LogP contribution < -0.4 is 9.47 Å². The summed E-state index contributed by atoms with van der Waals surface area (Å²) in [5.41, 5.74) is 0. The zero-order chi connectivity index (χ0) is 15.4. The minimum atomic E-state index is -0.704. The number of halogens is 3. The van der Waals surface area contributed by atoms with Crippen molar-refractivity contribution < 1.29 is 14.3 Å². The van der Waals surface area contributed by atoms with Crippen LogP contribution in [0.15, 0.2) is 42.5 Å². The second-order valence-electron chi connectivity index (χ2n) is 4.21. The Hall–Kier alpha value is -1.42. The van der Waals surface area contributed by atoms with Gasteiger partial charge in [0.25, 0.3) is 5.24 Å². The molecule has 0 amide bonds. The number of carbonyl (C=O) groups excluding carboxylic acids is 1. The van der Waals surface area contributed by atoms with E-state index in [0.29, 0.717) is 27.3 Å². The predicted molar refractivity (Wildman–Crippen MR) is 83.9 cm³/mol. The standard InChI is InChI=1S/C15H11Cl3O3/c1-9(15(18)19)20-11-3-5-12(6-4-11)21-14-7-2-10(16)8-13(14)17/h2-9H,1H3/t9-/m1/s1. The number of carbonyl (C=O) groups is 1. The second kappa shape index (κ2) is 7.03. The summed E-state index contributed by atoms with van der Waals surface area (Å²) < 4.78 is 11.0. The van der Waals surface area contributed by atoms with Crippen molar-refractivity contribution in [2.75, 3.05) is 0 Å². The Morgan fingerprint density at radius 3 is 2.24 bits per heavy atom. The summed E-state index contributed by atoms with van der Waals surface area (Å²) in [5, 5.41) is 0.406. The van der Waals surface area contributed by atoms with E-state index in [2.05, 4.69) is 0 Å². The van der Waals surface area contributed by atoms with Gasteiger partial charge in [-0.2, -0.15) is 0 Å². The van der Waals surface area contributed by atoms with Crippen molar-refractivity contribution in [3.8, 4) is 17.2 Å². The number of benzene rings is 2. The van der Waals surface area contributed by atoms with Crippen molar-refractivity contribution in [1.29, 1.82) is 0 Å². The maximum atomic E-state index is 10.9. The maximum absolute atomic E-state index is 10.9. The monoisotopic (exact) mass is 344 g/mol. The van der Waals surface area contributed by atoms with E-state index in [0.717, 1.165) is 0 Å². The van der Waals surface area contributed by atoms with Crippen LogP contribution in [0.2, 0.25) is 10.0 Å². The molecule has 0 heterocycles. The molecule has 0 saturated carbocycles. The lowest BCUT2D eigenvalue weighted by atomic mass is 10.3. The topological polar surface area (TPSA) is 35.5 Å². The first kappa shape index (κ1) is 16.0. The van der Waals surface area contributed by atoms with Crippen molar-refractivity contribution in [3.63, 3.8) is 0 Å². The third kappa shape index (κ3) is 4.53. The fourth-order valence-corrected chi connectivity index (χ4v) is 2.01. The van der Waals surface area contributed by atoms with Crippen molar-refractivity contribution in [2.45, 2.75) is 13.0 Å². The molecule has 0 aliphatic rings. The third-order valence-corrected chi connectivity index (χ3v) is 3.42. The quantitative estimate of drug-likeness (QED) is 0.688. The Labute approximate surface area is 137 Å². The number of rotatable bonds is 5. The van der Waals surface area contributed by atoms with Gasteiger partial charge in [0.15, 0.2) is 6.10 Å². The van der Waals surface area contributed by atoms with Gasteiger partial charge in [-0.1, -0.05) is 23.2 Å². The van der Waals surface area contributed by atoms with E-state index in [4.69, 9.17) is 44.3 Å². The Kier molecular flexibility index (Phi) is 5.34. The van der Waals surface area contributed by atoms with Gasteiger partial charge in [0.2, 0.25) is 0 Å². The fraction of sp³-hybridized carbons (Fsp3) is 0.133. The van der Waals surface area contributed by atoms with Gasteiger partial charge < -0.3 is 9.47 Å². The van der Waals surface area contributed by atoms with Crippen molar-refractivity contribution in [1.82, 2.24) is 0 Å². The average Bonchev–Trinajstić information content (AvgIpc) is 2.43. The molecule has 0 saturated heterocycles. The average molecular weight is 346 g/mol. The van der Waals surface area contributed by atoms with E-state index in [1.165, 1.54) is 0 Å². The highest BCUT2D eigenvalue weighted by molar-refractivity contribution is 6.64. The molecule has 0 aliphatic heterocycles. The van der Waals surface area contributed by atoms with Gasteiger partial charge in [-0.3, -0.25) is 4.79 Å². The van der Waals surface area contributed by atoms with Crippen LogP contribution in [-0.2, 0) is 4.79 Å². The molecule has 0 aromatic heterocycles. The number of hydrogen-bond donors (Lipinski definition) is 0. The fourth-order valence-electron chi connectivity index (χ4n) is 1.52. The maximum Gasteiger partial charge on any atom is 0.262 e. The van der Waals surface area contributed by atoms with Gasteiger partial charge in [-0.15, -0.1) is 0 Å². The Bertz CT molecular complexity index is 641. The molecule has 0 spiro atoms. The van der Waals surface area contributed by atoms with Gasteiger partial charge in [0.1, 0.15) is 17.2 Å². The molecule has 0 radical (unpaired) electrons. The van der Waals surface area contributed by atoms with Gasteiger partial charge in [-0.25, -0.2) is 0 Å².